The first kappa shape index (κ1) is 36.6. The molecule has 0 aliphatic heterocycles. The normalized spacial score (nSPS) is 13.8. The fourth-order valence-corrected chi connectivity index (χ4v) is 7.13. The third-order valence-corrected chi connectivity index (χ3v) is 10.0. The zero-order valence-corrected chi connectivity index (χ0v) is 31.0. The first-order chi connectivity index (χ1) is 26.4. The topological polar surface area (TPSA) is 104 Å². The Morgan fingerprint density at radius 1 is 0.852 bits per heavy atom. The van der Waals surface area contributed by atoms with Gasteiger partial charge < -0.3 is 18.6 Å². The van der Waals surface area contributed by atoms with E-state index in [1.54, 1.807) is 13.0 Å². The molecule has 4 aromatic carbocycles. The van der Waals surface area contributed by atoms with Crippen molar-refractivity contribution < 1.29 is 28.2 Å². The van der Waals surface area contributed by atoms with Crippen molar-refractivity contribution in [3.8, 4) is 17.2 Å². The van der Waals surface area contributed by atoms with Crippen LogP contribution in [0, 0.1) is 6.92 Å². The maximum Gasteiger partial charge on any atom is 0.356 e. The summed E-state index contributed by atoms with van der Waals surface area (Å²) in [6.07, 6.45) is 4.39. The number of hydrogen-bond donors (Lipinski definition) is 0. The molecule has 1 unspecified atom stereocenters. The highest BCUT2D eigenvalue weighted by Crippen LogP contribution is 2.35. The minimum Gasteiger partial charge on any atom is -0.489 e. The van der Waals surface area contributed by atoms with E-state index in [9.17, 15) is 9.59 Å². The van der Waals surface area contributed by atoms with E-state index >= 15 is 0 Å². The number of methoxy groups -OCH3 is 1. The molecule has 6 aromatic rings. The third-order valence-electron chi connectivity index (χ3n) is 10.0. The average Bonchev–Trinajstić information content (AvgIpc) is 3.63. The fraction of sp³-hybridized carbons (Fsp3) is 0.289. The largest absolute Gasteiger partial charge is 0.489 e. The van der Waals surface area contributed by atoms with Crippen molar-refractivity contribution in [1.29, 1.82) is 0 Å². The summed E-state index contributed by atoms with van der Waals surface area (Å²) < 4.78 is 22.6. The van der Waals surface area contributed by atoms with Gasteiger partial charge in [-0.2, -0.15) is 0 Å². The lowest BCUT2D eigenvalue weighted by atomic mass is 9.89. The van der Waals surface area contributed by atoms with Gasteiger partial charge in [0.05, 0.1) is 19.3 Å². The summed E-state index contributed by atoms with van der Waals surface area (Å²) in [6.45, 7) is 6.19. The van der Waals surface area contributed by atoms with Crippen LogP contribution >= 0.6 is 0 Å². The molecule has 9 nitrogen and oxygen atoms in total. The first-order valence-electron chi connectivity index (χ1n) is 18.6. The Bertz CT molecular complexity index is 2230. The Kier molecular flexibility index (Phi) is 11.4. The minimum absolute atomic E-state index is 0.142. The minimum atomic E-state index is -0.388. The van der Waals surface area contributed by atoms with E-state index in [1.807, 2.05) is 73.7 Å². The molecule has 2 heterocycles. The van der Waals surface area contributed by atoms with Gasteiger partial charge in [0.2, 0.25) is 5.89 Å². The lowest BCUT2D eigenvalue weighted by Gasteiger charge is -2.36. The van der Waals surface area contributed by atoms with E-state index in [2.05, 4.69) is 40.2 Å². The molecule has 54 heavy (non-hydrogen) atoms. The van der Waals surface area contributed by atoms with Crippen LogP contribution in [0.15, 0.2) is 108 Å². The number of nitrogens with zero attached hydrogens (tertiary/aromatic N) is 3. The van der Waals surface area contributed by atoms with Crippen LogP contribution in [0.4, 0.5) is 0 Å². The van der Waals surface area contributed by atoms with Gasteiger partial charge in [-0.3, -0.25) is 4.90 Å². The first-order valence-corrected chi connectivity index (χ1v) is 18.6. The second kappa shape index (κ2) is 16.9. The molecule has 1 atom stereocenters. The number of ether oxygens (including phenoxy) is 3. The Hall–Kier alpha value is -5.80. The van der Waals surface area contributed by atoms with Crippen molar-refractivity contribution in [3.05, 3.63) is 148 Å². The Labute approximate surface area is 315 Å². The third kappa shape index (κ3) is 8.53. The quantitative estimate of drug-likeness (QED) is 0.102. The number of pyridine rings is 1. The molecule has 0 saturated carbocycles. The van der Waals surface area contributed by atoms with Crippen LogP contribution in [0.2, 0.25) is 0 Å². The number of para-hydroxylation sites is 1. The highest BCUT2D eigenvalue weighted by Gasteiger charge is 2.28. The number of esters is 2. The molecule has 0 saturated heterocycles. The van der Waals surface area contributed by atoms with E-state index < -0.39 is 0 Å². The van der Waals surface area contributed by atoms with Gasteiger partial charge in [-0.15, -0.1) is 0 Å². The van der Waals surface area contributed by atoms with Crippen LogP contribution in [-0.4, -0.2) is 53.6 Å². The smallest absolute Gasteiger partial charge is 0.356 e. The summed E-state index contributed by atoms with van der Waals surface area (Å²) in [6, 6.07) is 34.0. The van der Waals surface area contributed by atoms with Gasteiger partial charge in [0.15, 0.2) is 5.58 Å². The maximum absolute atomic E-state index is 12.5. The van der Waals surface area contributed by atoms with Crippen molar-refractivity contribution in [3.63, 3.8) is 0 Å². The molecule has 2 aromatic heterocycles. The lowest BCUT2D eigenvalue weighted by Crippen LogP contribution is -2.35. The van der Waals surface area contributed by atoms with E-state index in [1.165, 1.54) is 7.11 Å². The van der Waals surface area contributed by atoms with E-state index in [-0.39, 0.29) is 18.0 Å². The second-order valence-electron chi connectivity index (χ2n) is 13.7. The predicted octanol–water partition coefficient (Wildman–Crippen LogP) is 8.91. The number of hydrogen-bond acceptors (Lipinski definition) is 9. The van der Waals surface area contributed by atoms with Gasteiger partial charge >= 0.3 is 11.9 Å². The summed E-state index contributed by atoms with van der Waals surface area (Å²) in [5.41, 5.74) is 10.0. The van der Waals surface area contributed by atoms with Crippen LogP contribution < -0.4 is 4.74 Å². The molecule has 0 N–H and O–H groups in total. The molecule has 0 fully saturated rings. The summed E-state index contributed by atoms with van der Waals surface area (Å²) >= 11 is 0. The molecule has 1 aliphatic carbocycles. The summed E-state index contributed by atoms with van der Waals surface area (Å²) in [5.74, 6) is 0.733. The summed E-state index contributed by atoms with van der Waals surface area (Å²) in [4.78, 5) is 36.5. The lowest BCUT2D eigenvalue weighted by molar-refractivity contribution is 0.0517. The van der Waals surface area contributed by atoms with Crippen LogP contribution in [0.1, 0.15) is 80.2 Å². The number of benzene rings is 4. The Balaban J connectivity index is 1.06. The number of rotatable bonds is 14. The number of aryl methyl sites for hydroxylation is 2. The van der Waals surface area contributed by atoms with Gasteiger partial charge in [-0.05, 0) is 122 Å². The number of oxazole rings is 1. The van der Waals surface area contributed by atoms with Gasteiger partial charge in [-0.1, -0.05) is 54.6 Å². The van der Waals surface area contributed by atoms with E-state index in [0.717, 1.165) is 101 Å². The average molecular weight is 724 g/mol. The molecule has 1 aliphatic rings. The molecule has 7 rings (SSSR count). The molecule has 9 heteroatoms. The maximum atomic E-state index is 12.5. The molecule has 0 amide bonds. The van der Waals surface area contributed by atoms with Crippen molar-refractivity contribution in [2.75, 3.05) is 26.8 Å². The zero-order valence-electron chi connectivity index (χ0n) is 31.0. The van der Waals surface area contributed by atoms with Crippen molar-refractivity contribution in [2.24, 2.45) is 0 Å². The molecule has 0 radical (unpaired) electrons. The van der Waals surface area contributed by atoms with Crippen LogP contribution in [0.3, 0.4) is 0 Å². The highest BCUT2D eigenvalue weighted by molar-refractivity contribution is 5.89. The second-order valence-corrected chi connectivity index (χ2v) is 13.7. The highest BCUT2D eigenvalue weighted by atomic mass is 16.5. The van der Waals surface area contributed by atoms with Gasteiger partial charge in [0.25, 0.3) is 0 Å². The summed E-state index contributed by atoms with van der Waals surface area (Å²) in [5, 5.41) is 0. The zero-order chi connectivity index (χ0) is 37.4. The molecular formula is C45H45N3O6. The number of carbonyl (C=O) groups excluding carboxylic acids is 2. The van der Waals surface area contributed by atoms with Gasteiger partial charge in [-0.25, -0.2) is 19.6 Å². The molecule has 0 spiro atoms. The molecule has 276 valence electrons. The van der Waals surface area contributed by atoms with Crippen LogP contribution in [-0.2, 0) is 35.3 Å². The summed E-state index contributed by atoms with van der Waals surface area (Å²) in [7, 11) is 1.39. The SMILES string of the molecule is CCOC(=O)c1ccc2c(n1)CCCC2N(CCc1ccc(C(=O)OC)cc1)CCc1ccccc1OCc1ccc(-c2nc3cc(C)ccc3o2)cc1. The Morgan fingerprint density at radius 2 is 1.63 bits per heavy atom. The van der Waals surface area contributed by atoms with Gasteiger partial charge in [0, 0.05) is 30.4 Å². The molecular weight excluding hydrogens is 679 g/mol. The number of fused-ring (bicyclic) bond motifs is 2. The number of carbonyl (C=O) groups is 2. The van der Waals surface area contributed by atoms with Crippen LogP contribution in [0.25, 0.3) is 22.6 Å². The van der Waals surface area contributed by atoms with Crippen molar-refractivity contribution in [2.45, 2.75) is 58.6 Å². The van der Waals surface area contributed by atoms with E-state index in [4.69, 9.17) is 23.6 Å². The monoisotopic (exact) mass is 723 g/mol. The predicted molar refractivity (Wildman–Crippen MR) is 208 cm³/mol. The van der Waals surface area contributed by atoms with Crippen molar-refractivity contribution in [1.82, 2.24) is 14.9 Å². The van der Waals surface area contributed by atoms with Crippen LogP contribution in [0.5, 0.6) is 5.75 Å². The van der Waals surface area contributed by atoms with Crippen molar-refractivity contribution >= 4 is 23.0 Å². The fourth-order valence-electron chi connectivity index (χ4n) is 7.13. The van der Waals surface area contributed by atoms with E-state index in [0.29, 0.717) is 30.4 Å². The standard InChI is InChI=1S/C45H45N3O6/c1-4-52-45(50)38-22-21-36-37(46-38)9-7-10-40(36)48(26-24-31-13-19-35(20-14-31)44(49)51-3)27-25-33-8-5-6-11-41(33)53-29-32-15-17-34(18-16-32)43-47-39-28-30(2)12-23-42(39)54-43/h5-6,8,11-23,28,40H,4,7,9-10,24-27,29H2,1-3H3. The Morgan fingerprint density at radius 3 is 2.43 bits per heavy atom. The molecule has 0 bridgehead atoms. The number of aromatic nitrogens is 2. The van der Waals surface area contributed by atoms with Gasteiger partial charge in [0.1, 0.15) is 23.6 Å².